The molecule has 4 heteroatoms. The maximum absolute atomic E-state index is 4.36. The molecule has 2 atom stereocenters. The van der Waals surface area contributed by atoms with Gasteiger partial charge in [0, 0.05) is 19.5 Å². The van der Waals surface area contributed by atoms with E-state index in [0.29, 0.717) is 12.0 Å². The highest BCUT2D eigenvalue weighted by Gasteiger charge is 2.22. The summed E-state index contributed by atoms with van der Waals surface area (Å²) in [6.07, 6.45) is 3.64. The molecule has 1 heterocycles. The van der Waals surface area contributed by atoms with Gasteiger partial charge in [0.05, 0.1) is 0 Å². The first-order valence-corrected chi connectivity index (χ1v) is 7.37. The van der Waals surface area contributed by atoms with Crippen molar-refractivity contribution in [3.63, 3.8) is 0 Å². The zero-order chi connectivity index (χ0) is 14.4. The molecule has 0 radical (unpaired) electrons. The Labute approximate surface area is 121 Å². The van der Waals surface area contributed by atoms with Crippen molar-refractivity contribution < 1.29 is 0 Å². The third kappa shape index (κ3) is 3.45. The van der Waals surface area contributed by atoms with Crippen molar-refractivity contribution in [2.45, 2.75) is 38.6 Å². The number of rotatable bonds is 7. The van der Waals surface area contributed by atoms with E-state index < -0.39 is 0 Å². The van der Waals surface area contributed by atoms with Crippen molar-refractivity contribution in [2.75, 3.05) is 6.54 Å². The molecule has 1 aromatic heterocycles. The van der Waals surface area contributed by atoms with Gasteiger partial charge in [-0.1, -0.05) is 44.2 Å². The number of likely N-dealkylation sites (N-methyl/N-ethyl adjacent to an activating group) is 1. The van der Waals surface area contributed by atoms with Gasteiger partial charge in [0.15, 0.2) is 0 Å². The molecule has 0 aliphatic heterocycles. The molecule has 2 unspecified atom stereocenters. The fourth-order valence-electron chi connectivity index (χ4n) is 2.77. The highest BCUT2D eigenvalue weighted by molar-refractivity contribution is 5.21. The first kappa shape index (κ1) is 14.7. The molecule has 20 heavy (non-hydrogen) atoms. The molecule has 1 N–H and O–H groups in total. The minimum Gasteiger partial charge on any atom is -0.313 e. The van der Waals surface area contributed by atoms with Crippen LogP contribution < -0.4 is 5.32 Å². The van der Waals surface area contributed by atoms with E-state index in [1.807, 2.05) is 11.7 Å². The standard InChI is InChI=1S/C16H24N4/c1-4-14(13-9-7-6-8-10-13)15(17-5-2)11-16-18-12-19-20(16)3/h6-10,12,14-15,17H,4-5,11H2,1-3H3. The molecule has 0 bridgehead atoms. The van der Waals surface area contributed by atoms with Crippen LogP contribution in [-0.2, 0) is 13.5 Å². The summed E-state index contributed by atoms with van der Waals surface area (Å²) in [5, 5.41) is 7.78. The molecular formula is C16H24N4. The quantitative estimate of drug-likeness (QED) is 0.842. The Morgan fingerprint density at radius 2 is 1.95 bits per heavy atom. The van der Waals surface area contributed by atoms with E-state index in [0.717, 1.165) is 25.2 Å². The average Bonchev–Trinajstić information content (AvgIpc) is 2.86. The van der Waals surface area contributed by atoms with E-state index in [9.17, 15) is 0 Å². The lowest BCUT2D eigenvalue weighted by Crippen LogP contribution is -2.37. The van der Waals surface area contributed by atoms with E-state index in [2.05, 4.69) is 59.6 Å². The summed E-state index contributed by atoms with van der Waals surface area (Å²) in [5.41, 5.74) is 1.39. The van der Waals surface area contributed by atoms with Crippen molar-refractivity contribution in [3.05, 3.63) is 48.0 Å². The molecule has 108 valence electrons. The van der Waals surface area contributed by atoms with E-state index >= 15 is 0 Å². The van der Waals surface area contributed by atoms with Gasteiger partial charge in [-0.3, -0.25) is 4.68 Å². The lowest BCUT2D eigenvalue weighted by Gasteiger charge is -2.27. The molecule has 1 aromatic carbocycles. The smallest absolute Gasteiger partial charge is 0.138 e. The van der Waals surface area contributed by atoms with Crippen molar-refractivity contribution in [2.24, 2.45) is 7.05 Å². The van der Waals surface area contributed by atoms with Crippen molar-refractivity contribution >= 4 is 0 Å². The second-order valence-electron chi connectivity index (χ2n) is 5.09. The van der Waals surface area contributed by atoms with E-state index in [1.54, 1.807) is 6.33 Å². The molecule has 0 aliphatic rings. The third-order valence-electron chi connectivity index (χ3n) is 3.83. The number of aromatic nitrogens is 3. The van der Waals surface area contributed by atoms with Crippen LogP contribution >= 0.6 is 0 Å². The van der Waals surface area contributed by atoms with Crippen LogP contribution in [0.15, 0.2) is 36.7 Å². The molecule has 0 fully saturated rings. The van der Waals surface area contributed by atoms with Crippen LogP contribution in [0.5, 0.6) is 0 Å². The predicted octanol–water partition coefficient (Wildman–Crippen LogP) is 2.53. The SMILES string of the molecule is CCNC(Cc1ncnn1C)C(CC)c1ccccc1. The second kappa shape index (κ2) is 7.20. The van der Waals surface area contributed by atoms with E-state index in [-0.39, 0.29) is 0 Å². The number of nitrogens with one attached hydrogen (secondary N) is 1. The summed E-state index contributed by atoms with van der Waals surface area (Å²) in [4.78, 5) is 4.36. The van der Waals surface area contributed by atoms with Gasteiger partial charge in [0.25, 0.3) is 0 Å². The average molecular weight is 272 g/mol. The van der Waals surface area contributed by atoms with Crippen LogP contribution in [0.2, 0.25) is 0 Å². The summed E-state index contributed by atoms with van der Waals surface area (Å²) < 4.78 is 1.86. The van der Waals surface area contributed by atoms with Gasteiger partial charge in [-0.25, -0.2) is 4.98 Å². The maximum Gasteiger partial charge on any atom is 0.138 e. The second-order valence-corrected chi connectivity index (χ2v) is 5.09. The lowest BCUT2D eigenvalue weighted by atomic mass is 9.87. The molecular weight excluding hydrogens is 248 g/mol. The van der Waals surface area contributed by atoms with Crippen LogP contribution in [0, 0.1) is 0 Å². The van der Waals surface area contributed by atoms with Gasteiger partial charge in [-0.2, -0.15) is 5.10 Å². The molecule has 2 rings (SSSR count). The molecule has 2 aromatic rings. The summed E-state index contributed by atoms with van der Waals surface area (Å²) in [7, 11) is 1.95. The fraction of sp³-hybridized carbons (Fsp3) is 0.500. The molecule has 0 amide bonds. The van der Waals surface area contributed by atoms with Crippen LogP contribution in [0.25, 0.3) is 0 Å². The lowest BCUT2D eigenvalue weighted by molar-refractivity contribution is 0.416. The van der Waals surface area contributed by atoms with Gasteiger partial charge < -0.3 is 5.32 Å². The molecule has 4 nitrogen and oxygen atoms in total. The summed E-state index contributed by atoms with van der Waals surface area (Å²) in [6.45, 7) is 5.37. The van der Waals surface area contributed by atoms with Gasteiger partial charge in [-0.15, -0.1) is 0 Å². The normalized spacial score (nSPS) is 14.2. The first-order valence-electron chi connectivity index (χ1n) is 7.37. The monoisotopic (exact) mass is 272 g/mol. The Morgan fingerprint density at radius 3 is 2.50 bits per heavy atom. The van der Waals surface area contributed by atoms with Crippen LogP contribution in [0.3, 0.4) is 0 Å². The number of nitrogens with zero attached hydrogens (tertiary/aromatic N) is 3. The Balaban J connectivity index is 2.20. The minimum absolute atomic E-state index is 0.385. The Hall–Kier alpha value is -1.68. The topological polar surface area (TPSA) is 42.7 Å². The molecule has 0 saturated heterocycles. The zero-order valence-corrected chi connectivity index (χ0v) is 12.6. The zero-order valence-electron chi connectivity index (χ0n) is 12.6. The van der Waals surface area contributed by atoms with Crippen molar-refractivity contribution in [3.8, 4) is 0 Å². The molecule has 0 aliphatic carbocycles. The Morgan fingerprint density at radius 1 is 1.20 bits per heavy atom. The summed E-state index contributed by atoms with van der Waals surface area (Å²) in [5.74, 6) is 1.53. The first-order chi connectivity index (χ1) is 9.76. The van der Waals surface area contributed by atoms with E-state index in [4.69, 9.17) is 0 Å². The largest absolute Gasteiger partial charge is 0.313 e. The minimum atomic E-state index is 0.385. The van der Waals surface area contributed by atoms with Crippen LogP contribution in [0.1, 0.15) is 37.6 Å². The van der Waals surface area contributed by atoms with E-state index in [1.165, 1.54) is 5.56 Å². The number of aryl methyl sites for hydroxylation is 1. The Kier molecular flexibility index (Phi) is 5.30. The highest BCUT2D eigenvalue weighted by atomic mass is 15.3. The fourth-order valence-corrected chi connectivity index (χ4v) is 2.77. The van der Waals surface area contributed by atoms with Gasteiger partial charge in [-0.05, 0) is 24.4 Å². The highest BCUT2D eigenvalue weighted by Crippen LogP contribution is 2.25. The summed E-state index contributed by atoms with van der Waals surface area (Å²) >= 11 is 0. The van der Waals surface area contributed by atoms with Gasteiger partial charge in [0.2, 0.25) is 0 Å². The summed E-state index contributed by atoms with van der Waals surface area (Å²) in [6, 6.07) is 11.1. The maximum atomic E-state index is 4.36. The van der Waals surface area contributed by atoms with Gasteiger partial charge >= 0.3 is 0 Å². The molecule has 0 saturated carbocycles. The Bertz CT molecular complexity index is 506. The number of hydrogen-bond donors (Lipinski definition) is 1. The van der Waals surface area contributed by atoms with Crippen molar-refractivity contribution in [1.82, 2.24) is 20.1 Å². The van der Waals surface area contributed by atoms with Gasteiger partial charge in [0.1, 0.15) is 12.2 Å². The van der Waals surface area contributed by atoms with Crippen LogP contribution in [0.4, 0.5) is 0 Å². The third-order valence-corrected chi connectivity index (χ3v) is 3.83. The van der Waals surface area contributed by atoms with Crippen molar-refractivity contribution in [1.29, 1.82) is 0 Å². The number of hydrogen-bond acceptors (Lipinski definition) is 3. The molecule has 0 spiro atoms. The number of benzene rings is 1. The predicted molar refractivity (Wildman–Crippen MR) is 81.6 cm³/mol. The van der Waals surface area contributed by atoms with Crippen LogP contribution in [-0.4, -0.2) is 27.4 Å².